The van der Waals surface area contributed by atoms with Gasteiger partial charge in [-0.1, -0.05) is 0 Å². The van der Waals surface area contributed by atoms with Crippen LogP contribution in [0.25, 0.3) is 0 Å². The van der Waals surface area contributed by atoms with Gasteiger partial charge >= 0.3 is 129 Å². The Morgan fingerprint density at radius 3 is 2.85 bits per heavy atom. The summed E-state index contributed by atoms with van der Waals surface area (Å²) in [5.74, 6) is 0.919. The molecule has 5 heteroatoms. The van der Waals surface area contributed by atoms with Gasteiger partial charge in [-0.3, -0.25) is 0 Å². The van der Waals surface area contributed by atoms with Crippen LogP contribution in [-0.2, 0) is 9.53 Å². The number of allylic oxidation sites excluding steroid dienone is 2. The Morgan fingerprint density at radius 2 is 2.05 bits per heavy atom. The summed E-state index contributed by atoms with van der Waals surface area (Å²) in [6.07, 6.45) is 0.667. The Kier molecular flexibility index (Phi) is 2.28. The summed E-state index contributed by atoms with van der Waals surface area (Å²) in [6, 6.07) is 9.60. The Balaban J connectivity index is 1.57. The second kappa shape index (κ2) is 3.79. The van der Waals surface area contributed by atoms with E-state index in [0.717, 1.165) is 16.1 Å². The standard InChI is InChI=1S/C15H12O3Se2/c16-10-11(7-4-2-1-3-5-7)18-9-6-8-12(19-8)14-15(9,20-14)13(10)17/h1-6,8,10-12,14,16H. The first-order chi connectivity index (χ1) is 9.72. The summed E-state index contributed by atoms with van der Waals surface area (Å²) in [7, 11) is 0. The number of carbonyl (C=O) groups is 1. The van der Waals surface area contributed by atoms with Gasteiger partial charge in [-0.25, -0.2) is 0 Å². The van der Waals surface area contributed by atoms with Crippen LogP contribution in [0.4, 0.5) is 0 Å². The van der Waals surface area contributed by atoms with Gasteiger partial charge in [-0.2, -0.15) is 0 Å². The van der Waals surface area contributed by atoms with Gasteiger partial charge in [0.2, 0.25) is 0 Å². The van der Waals surface area contributed by atoms with Crippen LogP contribution >= 0.6 is 0 Å². The topological polar surface area (TPSA) is 46.5 Å². The van der Waals surface area contributed by atoms with Crippen molar-refractivity contribution in [3.05, 3.63) is 47.7 Å². The van der Waals surface area contributed by atoms with Crippen LogP contribution in [0.5, 0.6) is 0 Å². The Morgan fingerprint density at radius 1 is 1.25 bits per heavy atom. The molecule has 6 atom stereocenters. The summed E-state index contributed by atoms with van der Waals surface area (Å²) in [5.41, 5.74) is 0.886. The molecule has 0 saturated carbocycles. The van der Waals surface area contributed by atoms with Crippen molar-refractivity contribution in [2.75, 3.05) is 0 Å². The number of fused-ring (bicyclic) bond motifs is 2. The van der Waals surface area contributed by atoms with Crippen molar-refractivity contribution in [1.29, 1.82) is 0 Å². The number of ketones is 1. The summed E-state index contributed by atoms with van der Waals surface area (Å²) in [5, 5.41) is 10.4. The van der Waals surface area contributed by atoms with Gasteiger partial charge in [-0.15, -0.1) is 0 Å². The van der Waals surface area contributed by atoms with Crippen molar-refractivity contribution >= 4 is 35.7 Å². The molecule has 3 fully saturated rings. The second-order valence-corrected chi connectivity index (χ2v) is 11.4. The monoisotopic (exact) mass is 400 g/mol. The molecule has 3 nitrogen and oxygen atoms in total. The van der Waals surface area contributed by atoms with Gasteiger partial charge in [0.15, 0.2) is 0 Å². The normalized spacial score (nSPS) is 47.4. The maximum atomic E-state index is 12.7. The molecule has 1 aromatic carbocycles. The van der Waals surface area contributed by atoms with Gasteiger partial charge in [0.25, 0.3) is 0 Å². The number of Topliss-reactive ketones (excluding diaryl/α,β-unsaturated/α-hetero) is 1. The molecule has 102 valence electrons. The SMILES string of the molecule is O=C1C(O)C(c2ccccc2)OC2=CC3[Se]C3C3[Se]C123. The van der Waals surface area contributed by atoms with E-state index in [0.29, 0.717) is 39.5 Å². The molecule has 1 N–H and O–H groups in total. The van der Waals surface area contributed by atoms with E-state index in [9.17, 15) is 9.90 Å². The van der Waals surface area contributed by atoms with Crippen LogP contribution < -0.4 is 0 Å². The zero-order chi connectivity index (χ0) is 13.5. The average molecular weight is 398 g/mol. The van der Waals surface area contributed by atoms with Crippen molar-refractivity contribution < 1.29 is 14.6 Å². The molecular formula is C15H12O3Se2. The zero-order valence-corrected chi connectivity index (χ0v) is 13.9. The minimum absolute atomic E-state index is 0.0232. The van der Waals surface area contributed by atoms with Gasteiger partial charge in [0.1, 0.15) is 0 Å². The fraction of sp³-hybridized carbons (Fsp3) is 0.400. The molecule has 0 amide bonds. The number of aliphatic hydroxyl groups excluding tert-OH is 1. The number of benzene rings is 1. The molecule has 0 radical (unpaired) electrons. The first kappa shape index (κ1) is 12.0. The predicted molar refractivity (Wildman–Crippen MR) is 74.8 cm³/mol. The maximum absolute atomic E-state index is 12.7. The van der Waals surface area contributed by atoms with Crippen LogP contribution in [0.15, 0.2) is 42.2 Å². The third-order valence-corrected chi connectivity index (χ3v) is 11.6. The van der Waals surface area contributed by atoms with Crippen LogP contribution in [0.1, 0.15) is 11.7 Å². The van der Waals surface area contributed by atoms with Crippen LogP contribution in [0.3, 0.4) is 0 Å². The number of aliphatic hydroxyl groups is 1. The van der Waals surface area contributed by atoms with Crippen LogP contribution in [0.2, 0.25) is 18.8 Å². The molecule has 3 heterocycles. The van der Waals surface area contributed by atoms with E-state index in [2.05, 4.69) is 6.08 Å². The Bertz CT molecular complexity index is 644. The Hall–Kier alpha value is -0.571. The summed E-state index contributed by atoms with van der Waals surface area (Å²) in [4.78, 5) is 14.7. The molecule has 0 bridgehead atoms. The van der Waals surface area contributed by atoms with E-state index in [1.807, 2.05) is 30.3 Å². The van der Waals surface area contributed by atoms with Crippen molar-refractivity contribution in [2.45, 2.75) is 31.0 Å². The summed E-state index contributed by atoms with van der Waals surface area (Å²) in [6.45, 7) is 0. The van der Waals surface area contributed by atoms with Crippen LogP contribution in [-0.4, -0.2) is 46.9 Å². The van der Waals surface area contributed by atoms with E-state index < -0.39 is 12.2 Å². The summed E-state index contributed by atoms with van der Waals surface area (Å²) < 4.78 is 5.74. The van der Waals surface area contributed by atoms with E-state index in [-0.39, 0.29) is 10.1 Å². The van der Waals surface area contributed by atoms with Gasteiger partial charge in [-0.05, 0) is 0 Å². The molecule has 6 unspecified atom stereocenters. The third-order valence-electron chi connectivity index (χ3n) is 4.50. The molecule has 0 aromatic heterocycles. The van der Waals surface area contributed by atoms with Crippen LogP contribution in [0, 0.1) is 0 Å². The van der Waals surface area contributed by atoms with E-state index in [1.165, 1.54) is 0 Å². The predicted octanol–water partition coefficient (Wildman–Crippen LogP) is 1.55. The van der Waals surface area contributed by atoms with Gasteiger partial charge in [0.05, 0.1) is 0 Å². The fourth-order valence-electron chi connectivity index (χ4n) is 3.35. The van der Waals surface area contributed by atoms with Crippen molar-refractivity contribution in [3.8, 4) is 0 Å². The zero-order valence-electron chi connectivity index (χ0n) is 10.4. The molecule has 4 aliphatic rings. The second-order valence-electron chi connectivity index (χ2n) is 5.63. The van der Waals surface area contributed by atoms with E-state index in [1.54, 1.807) is 0 Å². The van der Waals surface area contributed by atoms with E-state index in [4.69, 9.17) is 4.74 Å². The first-order valence-electron chi connectivity index (χ1n) is 6.71. The molecule has 1 aliphatic carbocycles. The van der Waals surface area contributed by atoms with Crippen molar-refractivity contribution in [3.63, 3.8) is 0 Å². The van der Waals surface area contributed by atoms with Crippen molar-refractivity contribution in [2.24, 2.45) is 0 Å². The molecule has 1 spiro atoms. The molecule has 3 aliphatic heterocycles. The third kappa shape index (κ3) is 1.38. The number of carbonyl (C=O) groups excluding carboxylic acids is 1. The molecule has 20 heavy (non-hydrogen) atoms. The quantitative estimate of drug-likeness (QED) is 0.731. The molecule has 5 rings (SSSR count). The minimum atomic E-state index is -1.01. The number of rotatable bonds is 1. The van der Waals surface area contributed by atoms with Gasteiger partial charge < -0.3 is 0 Å². The van der Waals surface area contributed by atoms with Crippen molar-refractivity contribution in [1.82, 2.24) is 0 Å². The number of hydrogen-bond acceptors (Lipinski definition) is 3. The Labute approximate surface area is 129 Å². The average Bonchev–Trinajstić information content (AvgIpc) is 3.33. The summed E-state index contributed by atoms with van der Waals surface area (Å²) >= 11 is 0.966. The number of hydrogen-bond donors (Lipinski definition) is 1. The molecule has 1 aromatic rings. The number of ether oxygens (including phenoxy) is 1. The van der Waals surface area contributed by atoms with E-state index >= 15 is 0 Å². The fourth-order valence-corrected chi connectivity index (χ4v) is 10.9. The molecular weight excluding hydrogens is 386 g/mol. The molecule has 3 saturated heterocycles. The van der Waals surface area contributed by atoms with Gasteiger partial charge in [0, 0.05) is 0 Å². The first-order valence-corrected chi connectivity index (χ1v) is 10.5.